The van der Waals surface area contributed by atoms with E-state index in [1.807, 2.05) is 37.3 Å². The van der Waals surface area contributed by atoms with E-state index in [1.54, 1.807) is 31.4 Å². The van der Waals surface area contributed by atoms with Crippen LogP contribution in [0.3, 0.4) is 0 Å². The number of carbonyl (C=O) groups excluding carboxylic acids is 1. The zero-order valence-electron chi connectivity index (χ0n) is 14.6. The molecule has 1 aromatic heterocycles. The summed E-state index contributed by atoms with van der Waals surface area (Å²) in [5, 5.41) is 10.6. The van der Waals surface area contributed by atoms with Gasteiger partial charge in [0.25, 0.3) is 0 Å². The predicted molar refractivity (Wildman–Crippen MR) is 104 cm³/mol. The van der Waals surface area contributed by atoms with Gasteiger partial charge in [-0.2, -0.15) is 5.10 Å². The molecule has 1 amide bonds. The average molecular weight is 370 g/mol. The van der Waals surface area contributed by atoms with Gasteiger partial charge in [0.05, 0.1) is 18.7 Å². The third-order valence-electron chi connectivity index (χ3n) is 4.21. The van der Waals surface area contributed by atoms with E-state index in [1.165, 1.54) is 0 Å². The SMILES string of the molecule is CCC(C(=O)Nc1cc(-c2cc(Cl)ccc2OC)[nH]n1)c1ccccc1. The van der Waals surface area contributed by atoms with Crippen LogP contribution in [0.4, 0.5) is 5.82 Å². The number of H-pyrrole nitrogens is 1. The van der Waals surface area contributed by atoms with E-state index in [-0.39, 0.29) is 11.8 Å². The van der Waals surface area contributed by atoms with Gasteiger partial charge < -0.3 is 10.1 Å². The molecule has 1 atom stereocenters. The van der Waals surface area contributed by atoms with Crippen LogP contribution in [0.25, 0.3) is 11.3 Å². The Kier molecular flexibility index (Phi) is 5.58. The molecule has 0 aliphatic rings. The fourth-order valence-corrected chi connectivity index (χ4v) is 3.06. The number of hydrogen-bond donors (Lipinski definition) is 2. The first-order chi connectivity index (χ1) is 12.6. The van der Waals surface area contributed by atoms with Gasteiger partial charge in [0.1, 0.15) is 5.75 Å². The fraction of sp³-hybridized carbons (Fsp3) is 0.200. The molecule has 0 saturated carbocycles. The van der Waals surface area contributed by atoms with Gasteiger partial charge in [0, 0.05) is 16.7 Å². The minimum atomic E-state index is -0.225. The summed E-state index contributed by atoms with van der Waals surface area (Å²) < 4.78 is 5.36. The van der Waals surface area contributed by atoms with Crippen LogP contribution in [0.15, 0.2) is 54.6 Å². The number of methoxy groups -OCH3 is 1. The van der Waals surface area contributed by atoms with E-state index in [0.29, 0.717) is 28.7 Å². The first-order valence-corrected chi connectivity index (χ1v) is 8.75. The summed E-state index contributed by atoms with van der Waals surface area (Å²) in [6.07, 6.45) is 0.704. The summed E-state index contributed by atoms with van der Waals surface area (Å²) in [5.41, 5.74) is 2.48. The van der Waals surface area contributed by atoms with Crippen molar-refractivity contribution in [3.8, 4) is 17.0 Å². The lowest BCUT2D eigenvalue weighted by molar-refractivity contribution is -0.117. The summed E-state index contributed by atoms with van der Waals surface area (Å²) >= 11 is 6.08. The molecule has 0 saturated heterocycles. The Hall–Kier alpha value is -2.79. The van der Waals surface area contributed by atoms with Crippen molar-refractivity contribution >= 4 is 23.3 Å². The number of ether oxygens (including phenoxy) is 1. The summed E-state index contributed by atoms with van der Waals surface area (Å²) in [5.74, 6) is 0.819. The average Bonchev–Trinajstić information content (AvgIpc) is 3.11. The maximum atomic E-state index is 12.7. The monoisotopic (exact) mass is 369 g/mol. The Morgan fingerprint density at radius 3 is 2.69 bits per heavy atom. The Bertz CT molecular complexity index is 893. The first-order valence-electron chi connectivity index (χ1n) is 8.37. The van der Waals surface area contributed by atoms with Gasteiger partial charge in [-0.3, -0.25) is 9.89 Å². The van der Waals surface area contributed by atoms with Crippen molar-refractivity contribution in [2.24, 2.45) is 0 Å². The van der Waals surface area contributed by atoms with Crippen molar-refractivity contribution in [3.05, 3.63) is 65.2 Å². The Balaban J connectivity index is 1.80. The van der Waals surface area contributed by atoms with Crippen LogP contribution >= 0.6 is 11.6 Å². The highest BCUT2D eigenvalue weighted by Gasteiger charge is 2.20. The van der Waals surface area contributed by atoms with Gasteiger partial charge in [-0.25, -0.2) is 0 Å². The zero-order valence-corrected chi connectivity index (χ0v) is 15.4. The molecule has 26 heavy (non-hydrogen) atoms. The second kappa shape index (κ2) is 8.06. The molecule has 2 N–H and O–H groups in total. The van der Waals surface area contributed by atoms with E-state index < -0.39 is 0 Å². The largest absolute Gasteiger partial charge is 0.496 e. The van der Waals surface area contributed by atoms with Crippen molar-refractivity contribution in [1.29, 1.82) is 0 Å². The van der Waals surface area contributed by atoms with E-state index in [9.17, 15) is 4.79 Å². The molecule has 0 aliphatic heterocycles. The molecule has 0 radical (unpaired) electrons. The molecular weight excluding hydrogens is 350 g/mol. The number of nitrogens with one attached hydrogen (secondary N) is 2. The smallest absolute Gasteiger partial charge is 0.233 e. The number of aromatic amines is 1. The van der Waals surface area contributed by atoms with E-state index in [4.69, 9.17) is 16.3 Å². The number of halogens is 1. The molecule has 0 spiro atoms. The lowest BCUT2D eigenvalue weighted by atomic mass is 9.96. The number of aromatic nitrogens is 2. The lowest BCUT2D eigenvalue weighted by Gasteiger charge is -2.14. The molecule has 1 unspecified atom stereocenters. The molecule has 6 heteroatoms. The van der Waals surface area contributed by atoms with Crippen molar-refractivity contribution < 1.29 is 9.53 Å². The van der Waals surface area contributed by atoms with Crippen LogP contribution in [0.1, 0.15) is 24.8 Å². The molecular formula is C20H20ClN3O2. The predicted octanol–water partition coefficient (Wildman–Crippen LogP) is 4.87. The number of amides is 1. The maximum absolute atomic E-state index is 12.7. The van der Waals surface area contributed by atoms with Crippen molar-refractivity contribution in [2.45, 2.75) is 19.3 Å². The number of carbonyl (C=O) groups is 1. The molecule has 0 bridgehead atoms. The normalized spacial score (nSPS) is 11.8. The van der Waals surface area contributed by atoms with Gasteiger partial charge in [-0.1, -0.05) is 48.9 Å². The highest BCUT2D eigenvalue weighted by molar-refractivity contribution is 6.31. The second-order valence-corrected chi connectivity index (χ2v) is 6.31. The topological polar surface area (TPSA) is 67.0 Å². The minimum absolute atomic E-state index is 0.0881. The Morgan fingerprint density at radius 1 is 1.23 bits per heavy atom. The molecule has 0 aliphatic carbocycles. The highest BCUT2D eigenvalue weighted by atomic mass is 35.5. The molecule has 134 valence electrons. The van der Waals surface area contributed by atoms with Crippen LogP contribution in [-0.4, -0.2) is 23.2 Å². The molecule has 3 aromatic rings. The minimum Gasteiger partial charge on any atom is -0.496 e. The Morgan fingerprint density at radius 2 is 2.00 bits per heavy atom. The van der Waals surface area contributed by atoms with Crippen molar-refractivity contribution in [2.75, 3.05) is 12.4 Å². The number of hydrogen-bond acceptors (Lipinski definition) is 3. The van der Waals surface area contributed by atoms with Gasteiger partial charge in [-0.15, -0.1) is 0 Å². The second-order valence-electron chi connectivity index (χ2n) is 5.87. The van der Waals surface area contributed by atoms with Crippen LogP contribution < -0.4 is 10.1 Å². The van der Waals surface area contributed by atoms with Gasteiger partial charge in [0.15, 0.2) is 5.82 Å². The first kappa shape index (κ1) is 18.0. The van der Waals surface area contributed by atoms with Crippen LogP contribution in [0.2, 0.25) is 5.02 Å². The molecule has 5 nitrogen and oxygen atoms in total. The zero-order chi connectivity index (χ0) is 18.5. The fourth-order valence-electron chi connectivity index (χ4n) is 2.89. The number of anilines is 1. The van der Waals surface area contributed by atoms with E-state index in [0.717, 1.165) is 11.1 Å². The quantitative estimate of drug-likeness (QED) is 0.651. The standard InChI is InChI=1S/C20H20ClN3O2/c1-3-15(13-7-5-4-6-8-13)20(25)22-19-12-17(23-24-19)16-11-14(21)9-10-18(16)26-2/h4-12,15H,3H2,1-2H3,(H2,22,23,24,25). The summed E-state index contributed by atoms with van der Waals surface area (Å²) in [6, 6.07) is 16.8. The van der Waals surface area contributed by atoms with Crippen LogP contribution in [0, 0.1) is 0 Å². The number of rotatable bonds is 6. The molecule has 1 heterocycles. The lowest BCUT2D eigenvalue weighted by Crippen LogP contribution is -2.20. The van der Waals surface area contributed by atoms with Crippen molar-refractivity contribution in [1.82, 2.24) is 10.2 Å². The Labute approximate surface area is 157 Å². The summed E-state index contributed by atoms with van der Waals surface area (Å²) in [7, 11) is 1.59. The number of benzene rings is 2. The van der Waals surface area contributed by atoms with E-state index in [2.05, 4.69) is 15.5 Å². The van der Waals surface area contributed by atoms with Gasteiger partial charge in [-0.05, 0) is 30.2 Å². The molecule has 2 aromatic carbocycles. The molecule has 0 fully saturated rings. The van der Waals surface area contributed by atoms with Crippen LogP contribution in [-0.2, 0) is 4.79 Å². The third kappa shape index (κ3) is 3.89. The van der Waals surface area contributed by atoms with Gasteiger partial charge >= 0.3 is 0 Å². The third-order valence-corrected chi connectivity index (χ3v) is 4.44. The van der Waals surface area contributed by atoms with Crippen LogP contribution in [0.5, 0.6) is 5.75 Å². The summed E-state index contributed by atoms with van der Waals surface area (Å²) in [6.45, 7) is 1.99. The molecule has 3 rings (SSSR count). The number of nitrogens with zero attached hydrogens (tertiary/aromatic N) is 1. The van der Waals surface area contributed by atoms with E-state index >= 15 is 0 Å². The summed E-state index contributed by atoms with van der Waals surface area (Å²) in [4.78, 5) is 12.7. The highest BCUT2D eigenvalue weighted by Crippen LogP contribution is 2.32. The van der Waals surface area contributed by atoms with Gasteiger partial charge in [0.2, 0.25) is 5.91 Å². The van der Waals surface area contributed by atoms with Crippen molar-refractivity contribution in [3.63, 3.8) is 0 Å². The maximum Gasteiger partial charge on any atom is 0.233 e.